The first-order valence-electron chi connectivity index (χ1n) is 6.66. The van der Waals surface area contributed by atoms with Crippen LogP contribution in [0.1, 0.15) is 38.2 Å². The second kappa shape index (κ2) is 8.22. The quantitative estimate of drug-likeness (QED) is 0.721. The molecule has 1 rings (SSSR count). The SMILES string of the molecule is CC(C)CCOCCC(CN)c1cccc(F)c1. The summed E-state index contributed by atoms with van der Waals surface area (Å²) in [5, 5.41) is 0. The molecule has 1 aromatic rings. The Morgan fingerprint density at radius 2 is 1.94 bits per heavy atom. The van der Waals surface area contributed by atoms with Crippen molar-refractivity contribution in [3.8, 4) is 0 Å². The van der Waals surface area contributed by atoms with Crippen molar-refractivity contribution in [2.75, 3.05) is 19.8 Å². The van der Waals surface area contributed by atoms with Crippen molar-refractivity contribution in [1.29, 1.82) is 0 Å². The third-order valence-corrected chi connectivity index (χ3v) is 3.05. The average molecular weight is 253 g/mol. The minimum atomic E-state index is -0.202. The number of hydrogen-bond donors (Lipinski definition) is 1. The van der Waals surface area contributed by atoms with E-state index in [2.05, 4.69) is 13.8 Å². The van der Waals surface area contributed by atoms with Gasteiger partial charge in [0.25, 0.3) is 0 Å². The minimum absolute atomic E-state index is 0.180. The number of ether oxygens (including phenoxy) is 1. The van der Waals surface area contributed by atoms with Crippen molar-refractivity contribution in [2.45, 2.75) is 32.6 Å². The highest BCUT2D eigenvalue weighted by molar-refractivity contribution is 5.20. The molecule has 2 nitrogen and oxygen atoms in total. The van der Waals surface area contributed by atoms with Gasteiger partial charge in [-0.2, -0.15) is 0 Å². The summed E-state index contributed by atoms with van der Waals surface area (Å²) in [5.74, 6) is 0.643. The smallest absolute Gasteiger partial charge is 0.123 e. The minimum Gasteiger partial charge on any atom is -0.381 e. The van der Waals surface area contributed by atoms with Gasteiger partial charge in [-0.3, -0.25) is 0 Å². The number of benzene rings is 1. The molecular formula is C15H24FNO. The maximum absolute atomic E-state index is 13.1. The summed E-state index contributed by atoms with van der Waals surface area (Å²) in [5.41, 5.74) is 6.70. The summed E-state index contributed by atoms with van der Waals surface area (Å²) in [6.45, 7) is 6.36. The largest absolute Gasteiger partial charge is 0.381 e. The van der Waals surface area contributed by atoms with E-state index in [0.29, 0.717) is 19.1 Å². The van der Waals surface area contributed by atoms with Gasteiger partial charge in [0.05, 0.1) is 0 Å². The van der Waals surface area contributed by atoms with E-state index in [0.717, 1.165) is 25.0 Å². The van der Waals surface area contributed by atoms with E-state index in [9.17, 15) is 4.39 Å². The molecule has 18 heavy (non-hydrogen) atoms. The van der Waals surface area contributed by atoms with Gasteiger partial charge in [0.15, 0.2) is 0 Å². The van der Waals surface area contributed by atoms with Crippen LogP contribution in [-0.2, 0) is 4.74 Å². The molecule has 0 amide bonds. The zero-order valence-electron chi connectivity index (χ0n) is 11.4. The Morgan fingerprint density at radius 1 is 1.22 bits per heavy atom. The molecular weight excluding hydrogens is 229 g/mol. The maximum atomic E-state index is 13.1. The summed E-state index contributed by atoms with van der Waals surface area (Å²) in [7, 11) is 0. The fourth-order valence-corrected chi connectivity index (χ4v) is 1.83. The van der Waals surface area contributed by atoms with Gasteiger partial charge in [0.1, 0.15) is 5.82 Å². The maximum Gasteiger partial charge on any atom is 0.123 e. The molecule has 3 heteroatoms. The van der Waals surface area contributed by atoms with Crippen molar-refractivity contribution in [3.05, 3.63) is 35.6 Å². The summed E-state index contributed by atoms with van der Waals surface area (Å²) in [4.78, 5) is 0. The van der Waals surface area contributed by atoms with Crippen molar-refractivity contribution in [2.24, 2.45) is 11.7 Å². The molecule has 0 saturated heterocycles. The van der Waals surface area contributed by atoms with Gasteiger partial charge in [-0.1, -0.05) is 26.0 Å². The van der Waals surface area contributed by atoms with Crippen LogP contribution in [0, 0.1) is 11.7 Å². The molecule has 0 fully saturated rings. The number of nitrogens with two attached hydrogens (primary N) is 1. The molecule has 0 aromatic heterocycles. The average Bonchev–Trinajstić information content (AvgIpc) is 2.33. The van der Waals surface area contributed by atoms with Crippen molar-refractivity contribution >= 4 is 0 Å². The van der Waals surface area contributed by atoms with Crippen LogP contribution in [0.4, 0.5) is 4.39 Å². The van der Waals surface area contributed by atoms with Crippen molar-refractivity contribution in [3.63, 3.8) is 0 Å². The second-order valence-electron chi connectivity index (χ2n) is 5.07. The highest BCUT2D eigenvalue weighted by Gasteiger charge is 2.10. The molecule has 0 aliphatic heterocycles. The Hall–Kier alpha value is -0.930. The van der Waals surface area contributed by atoms with E-state index in [4.69, 9.17) is 10.5 Å². The first-order chi connectivity index (χ1) is 8.63. The van der Waals surface area contributed by atoms with Gasteiger partial charge in [-0.15, -0.1) is 0 Å². The Bertz CT molecular complexity index is 341. The first kappa shape index (κ1) is 15.1. The lowest BCUT2D eigenvalue weighted by atomic mass is 9.96. The molecule has 1 aromatic carbocycles. The fourth-order valence-electron chi connectivity index (χ4n) is 1.83. The third-order valence-electron chi connectivity index (χ3n) is 3.05. The van der Waals surface area contributed by atoms with Crippen LogP contribution in [0.15, 0.2) is 24.3 Å². The van der Waals surface area contributed by atoms with Crippen LogP contribution in [0.2, 0.25) is 0 Å². The molecule has 0 heterocycles. The van der Waals surface area contributed by atoms with Gasteiger partial charge in [0, 0.05) is 13.2 Å². The summed E-state index contributed by atoms with van der Waals surface area (Å²) < 4.78 is 18.7. The van der Waals surface area contributed by atoms with E-state index in [1.165, 1.54) is 6.07 Å². The predicted molar refractivity (Wildman–Crippen MR) is 73.1 cm³/mol. The van der Waals surface area contributed by atoms with Crippen LogP contribution in [0.3, 0.4) is 0 Å². The van der Waals surface area contributed by atoms with Crippen LogP contribution in [0.5, 0.6) is 0 Å². The van der Waals surface area contributed by atoms with Gasteiger partial charge < -0.3 is 10.5 Å². The van der Waals surface area contributed by atoms with Crippen LogP contribution in [0.25, 0.3) is 0 Å². The lowest BCUT2D eigenvalue weighted by Gasteiger charge is -2.15. The zero-order valence-corrected chi connectivity index (χ0v) is 11.4. The van der Waals surface area contributed by atoms with Crippen molar-refractivity contribution < 1.29 is 9.13 Å². The normalized spacial score (nSPS) is 12.9. The standard InChI is InChI=1S/C15H24FNO/c1-12(2)6-8-18-9-7-14(11-17)13-4-3-5-15(16)10-13/h3-5,10,12,14H,6-9,11,17H2,1-2H3. The molecule has 2 N–H and O–H groups in total. The van der Waals surface area contributed by atoms with Crippen LogP contribution < -0.4 is 5.73 Å². The molecule has 0 saturated carbocycles. The fraction of sp³-hybridized carbons (Fsp3) is 0.600. The number of hydrogen-bond acceptors (Lipinski definition) is 2. The Balaban J connectivity index is 2.34. The summed E-state index contributed by atoms with van der Waals surface area (Å²) in [6, 6.07) is 6.67. The van der Waals surface area contributed by atoms with Gasteiger partial charge >= 0.3 is 0 Å². The van der Waals surface area contributed by atoms with Crippen LogP contribution in [-0.4, -0.2) is 19.8 Å². The summed E-state index contributed by atoms with van der Waals surface area (Å²) in [6.07, 6.45) is 1.92. The van der Waals surface area contributed by atoms with Gasteiger partial charge in [0.2, 0.25) is 0 Å². The predicted octanol–water partition coefficient (Wildman–Crippen LogP) is 3.32. The Kier molecular flexibility index (Phi) is 6.91. The number of rotatable bonds is 8. The Morgan fingerprint density at radius 3 is 2.56 bits per heavy atom. The van der Waals surface area contributed by atoms with E-state index in [-0.39, 0.29) is 11.7 Å². The van der Waals surface area contributed by atoms with E-state index in [1.807, 2.05) is 6.07 Å². The molecule has 0 bridgehead atoms. The molecule has 0 aliphatic carbocycles. The molecule has 0 radical (unpaired) electrons. The number of halogens is 1. The highest BCUT2D eigenvalue weighted by atomic mass is 19.1. The highest BCUT2D eigenvalue weighted by Crippen LogP contribution is 2.19. The van der Waals surface area contributed by atoms with Crippen LogP contribution >= 0.6 is 0 Å². The summed E-state index contributed by atoms with van der Waals surface area (Å²) >= 11 is 0. The first-order valence-corrected chi connectivity index (χ1v) is 6.66. The van der Waals surface area contributed by atoms with Crippen molar-refractivity contribution in [1.82, 2.24) is 0 Å². The zero-order chi connectivity index (χ0) is 13.4. The monoisotopic (exact) mass is 253 g/mol. The molecule has 1 atom stereocenters. The molecule has 0 spiro atoms. The second-order valence-corrected chi connectivity index (χ2v) is 5.07. The molecule has 0 aliphatic rings. The van der Waals surface area contributed by atoms with E-state index in [1.54, 1.807) is 12.1 Å². The molecule has 102 valence electrons. The Labute approximate surface area is 109 Å². The van der Waals surface area contributed by atoms with E-state index >= 15 is 0 Å². The lowest BCUT2D eigenvalue weighted by Crippen LogP contribution is -2.15. The van der Waals surface area contributed by atoms with Gasteiger partial charge in [-0.25, -0.2) is 4.39 Å². The lowest BCUT2D eigenvalue weighted by molar-refractivity contribution is 0.117. The third kappa shape index (κ3) is 5.61. The van der Waals surface area contributed by atoms with E-state index < -0.39 is 0 Å². The van der Waals surface area contributed by atoms with Gasteiger partial charge in [-0.05, 0) is 48.9 Å². The molecule has 1 unspecified atom stereocenters. The topological polar surface area (TPSA) is 35.2 Å².